The summed E-state index contributed by atoms with van der Waals surface area (Å²) < 4.78 is 0. The van der Waals surface area contributed by atoms with Gasteiger partial charge in [0.1, 0.15) is 5.60 Å². The molecule has 1 aliphatic heterocycles. The van der Waals surface area contributed by atoms with E-state index in [9.17, 15) is 5.11 Å². The topological polar surface area (TPSA) is 32.3 Å². The summed E-state index contributed by atoms with van der Waals surface area (Å²) in [5.41, 5.74) is 2.89. The molecule has 0 aliphatic carbocycles. The van der Waals surface area contributed by atoms with Gasteiger partial charge in [-0.3, -0.25) is 0 Å². The molecule has 0 atom stereocenters. The Balaban J connectivity index is 2.28. The lowest BCUT2D eigenvalue weighted by Crippen LogP contribution is -2.28. The molecule has 0 spiro atoms. The van der Waals surface area contributed by atoms with Gasteiger partial charge in [-0.1, -0.05) is 36.4 Å². The van der Waals surface area contributed by atoms with Crippen LogP contribution < -0.4 is 5.32 Å². The minimum Gasteiger partial charge on any atom is -0.381 e. The number of aliphatic hydroxyl groups is 1. The lowest BCUT2D eigenvalue weighted by atomic mass is 9.83. The molecule has 0 saturated carbocycles. The number of anilines is 2. The second kappa shape index (κ2) is 3.09. The first-order valence-corrected chi connectivity index (χ1v) is 5.38. The van der Waals surface area contributed by atoms with Crippen LogP contribution in [-0.4, -0.2) is 5.11 Å². The van der Waals surface area contributed by atoms with Crippen LogP contribution in [0.5, 0.6) is 0 Å². The summed E-state index contributed by atoms with van der Waals surface area (Å²) in [6, 6.07) is 15.7. The van der Waals surface area contributed by atoms with Crippen molar-refractivity contribution in [1.82, 2.24) is 0 Å². The Bertz CT molecular complexity index is 498. The van der Waals surface area contributed by atoms with E-state index in [1.54, 1.807) is 0 Å². The molecule has 0 radical (unpaired) electrons. The van der Waals surface area contributed by atoms with Crippen LogP contribution in [-0.2, 0) is 5.60 Å². The largest absolute Gasteiger partial charge is 0.381 e. The minimum atomic E-state index is -0.918. The molecule has 2 heteroatoms. The van der Waals surface area contributed by atoms with E-state index < -0.39 is 5.60 Å². The van der Waals surface area contributed by atoms with Crippen LogP contribution >= 0.6 is 0 Å². The number of para-hydroxylation sites is 2. The van der Waals surface area contributed by atoms with Gasteiger partial charge in [0.2, 0.25) is 0 Å². The van der Waals surface area contributed by atoms with Crippen LogP contribution in [0.25, 0.3) is 0 Å². The van der Waals surface area contributed by atoms with Crippen molar-refractivity contribution in [3.8, 4) is 0 Å². The van der Waals surface area contributed by atoms with Gasteiger partial charge in [-0.2, -0.15) is 0 Å². The molecule has 1 aliphatic rings. The van der Waals surface area contributed by atoms with Gasteiger partial charge in [-0.15, -0.1) is 0 Å². The number of rotatable bonds is 0. The predicted octanol–water partition coefficient (Wildman–Crippen LogP) is 3.00. The second-order valence-corrected chi connectivity index (χ2v) is 4.29. The number of fused-ring (bicyclic) bond motifs is 2. The molecular weight excluding hydrogens is 198 g/mol. The predicted molar refractivity (Wildman–Crippen MR) is 64.8 cm³/mol. The molecule has 0 fully saturated rings. The third-order valence-corrected chi connectivity index (χ3v) is 3.17. The van der Waals surface area contributed by atoms with Crippen LogP contribution in [0.3, 0.4) is 0 Å². The molecule has 2 aromatic carbocycles. The lowest BCUT2D eigenvalue weighted by Gasteiger charge is -2.34. The molecular formula is C14H13NO. The second-order valence-electron chi connectivity index (χ2n) is 4.29. The molecule has 80 valence electrons. The highest BCUT2D eigenvalue weighted by atomic mass is 16.3. The third-order valence-electron chi connectivity index (χ3n) is 3.17. The first kappa shape index (κ1) is 9.43. The smallest absolute Gasteiger partial charge is 0.116 e. The standard InChI is InChI=1S/C14H13NO/c1-14(16)10-6-2-4-8-12(10)15-13-9-5-3-7-11(13)14/h2-9,15-16H,1H3. The first-order chi connectivity index (χ1) is 7.69. The molecule has 0 bridgehead atoms. The van der Waals surface area contributed by atoms with E-state index in [4.69, 9.17) is 0 Å². The Labute approximate surface area is 94.6 Å². The number of hydrogen-bond acceptors (Lipinski definition) is 2. The highest BCUT2D eigenvalue weighted by Crippen LogP contribution is 2.43. The fourth-order valence-corrected chi connectivity index (χ4v) is 2.32. The van der Waals surface area contributed by atoms with Crippen molar-refractivity contribution in [1.29, 1.82) is 0 Å². The van der Waals surface area contributed by atoms with E-state index in [0.717, 1.165) is 22.5 Å². The lowest BCUT2D eigenvalue weighted by molar-refractivity contribution is 0.102. The van der Waals surface area contributed by atoms with E-state index in [1.807, 2.05) is 55.5 Å². The zero-order chi connectivity index (χ0) is 11.2. The Kier molecular flexibility index (Phi) is 1.82. The number of hydrogen-bond donors (Lipinski definition) is 2. The molecule has 0 unspecified atom stereocenters. The van der Waals surface area contributed by atoms with E-state index >= 15 is 0 Å². The van der Waals surface area contributed by atoms with Gasteiger partial charge >= 0.3 is 0 Å². The van der Waals surface area contributed by atoms with Crippen molar-refractivity contribution in [2.45, 2.75) is 12.5 Å². The molecule has 1 heterocycles. The Hall–Kier alpha value is -1.80. The maximum Gasteiger partial charge on any atom is 0.116 e. The van der Waals surface area contributed by atoms with Gasteiger partial charge in [0.15, 0.2) is 0 Å². The van der Waals surface area contributed by atoms with Crippen molar-refractivity contribution < 1.29 is 5.11 Å². The van der Waals surface area contributed by atoms with Gasteiger partial charge in [0, 0.05) is 22.5 Å². The third kappa shape index (κ3) is 1.17. The van der Waals surface area contributed by atoms with E-state index in [1.165, 1.54) is 0 Å². The fourth-order valence-electron chi connectivity index (χ4n) is 2.32. The van der Waals surface area contributed by atoms with Crippen LogP contribution in [0.15, 0.2) is 48.5 Å². The van der Waals surface area contributed by atoms with Gasteiger partial charge in [-0.25, -0.2) is 0 Å². The van der Waals surface area contributed by atoms with E-state index in [-0.39, 0.29) is 0 Å². The van der Waals surface area contributed by atoms with E-state index in [2.05, 4.69) is 5.32 Å². The van der Waals surface area contributed by atoms with Crippen molar-refractivity contribution in [2.24, 2.45) is 0 Å². The maximum absolute atomic E-state index is 10.6. The average Bonchev–Trinajstić information content (AvgIpc) is 2.29. The molecule has 2 N–H and O–H groups in total. The maximum atomic E-state index is 10.6. The summed E-state index contributed by atoms with van der Waals surface area (Å²) in [5.74, 6) is 0. The Morgan fingerprint density at radius 1 is 0.875 bits per heavy atom. The highest BCUT2D eigenvalue weighted by molar-refractivity contribution is 5.74. The van der Waals surface area contributed by atoms with Crippen molar-refractivity contribution in [2.75, 3.05) is 5.32 Å². The monoisotopic (exact) mass is 211 g/mol. The Morgan fingerprint density at radius 3 is 1.81 bits per heavy atom. The zero-order valence-electron chi connectivity index (χ0n) is 9.07. The molecule has 0 amide bonds. The van der Waals surface area contributed by atoms with Crippen molar-refractivity contribution in [3.05, 3.63) is 59.7 Å². The fraction of sp³-hybridized carbons (Fsp3) is 0.143. The number of benzene rings is 2. The summed E-state index contributed by atoms with van der Waals surface area (Å²) in [4.78, 5) is 0. The normalized spacial score (nSPS) is 15.9. The summed E-state index contributed by atoms with van der Waals surface area (Å²) >= 11 is 0. The molecule has 16 heavy (non-hydrogen) atoms. The van der Waals surface area contributed by atoms with Gasteiger partial charge in [-0.05, 0) is 19.1 Å². The van der Waals surface area contributed by atoms with Crippen LogP contribution in [0, 0.1) is 0 Å². The van der Waals surface area contributed by atoms with Crippen LogP contribution in [0.2, 0.25) is 0 Å². The van der Waals surface area contributed by atoms with Crippen molar-refractivity contribution in [3.63, 3.8) is 0 Å². The van der Waals surface area contributed by atoms with Crippen molar-refractivity contribution >= 4 is 11.4 Å². The molecule has 3 rings (SSSR count). The summed E-state index contributed by atoms with van der Waals surface area (Å²) in [5, 5.41) is 14.0. The quantitative estimate of drug-likeness (QED) is 0.702. The summed E-state index contributed by atoms with van der Waals surface area (Å²) in [6.07, 6.45) is 0. The zero-order valence-corrected chi connectivity index (χ0v) is 9.07. The molecule has 0 aromatic heterocycles. The molecule has 2 nitrogen and oxygen atoms in total. The Morgan fingerprint density at radius 2 is 1.31 bits per heavy atom. The first-order valence-electron chi connectivity index (χ1n) is 5.38. The highest BCUT2D eigenvalue weighted by Gasteiger charge is 2.33. The average molecular weight is 211 g/mol. The van der Waals surface area contributed by atoms with Crippen LogP contribution in [0.1, 0.15) is 18.1 Å². The molecule has 2 aromatic rings. The van der Waals surface area contributed by atoms with Gasteiger partial charge in [0.05, 0.1) is 0 Å². The number of nitrogens with one attached hydrogen (secondary N) is 1. The van der Waals surface area contributed by atoms with E-state index in [0.29, 0.717) is 0 Å². The summed E-state index contributed by atoms with van der Waals surface area (Å²) in [6.45, 7) is 1.84. The van der Waals surface area contributed by atoms with Gasteiger partial charge in [0.25, 0.3) is 0 Å². The minimum absolute atomic E-state index is 0.918. The summed E-state index contributed by atoms with van der Waals surface area (Å²) in [7, 11) is 0. The van der Waals surface area contributed by atoms with Crippen LogP contribution in [0.4, 0.5) is 11.4 Å². The van der Waals surface area contributed by atoms with Gasteiger partial charge < -0.3 is 10.4 Å². The molecule has 0 saturated heterocycles. The SMILES string of the molecule is CC1(O)c2ccccc2Nc2ccccc21.